The first-order valence-corrected chi connectivity index (χ1v) is 5.12. The lowest BCUT2D eigenvalue weighted by Gasteiger charge is -2.06. The average Bonchev–Trinajstić information content (AvgIpc) is 2.28. The summed E-state index contributed by atoms with van der Waals surface area (Å²) in [4.78, 5) is 4.04. The second-order valence-corrected chi connectivity index (χ2v) is 3.56. The molecule has 16 heavy (non-hydrogen) atoms. The molecule has 0 saturated heterocycles. The number of pyridine rings is 1. The summed E-state index contributed by atoms with van der Waals surface area (Å²) in [6.45, 7) is 0.196. The number of halogens is 2. The minimum absolute atomic E-state index is 0.196. The van der Waals surface area contributed by atoms with Crippen molar-refractivity contribution in [3.63, 3.8) is 0 Å². The monoisotopic (exact) mass is 237 g/mol. The van der Waals surface area contributed by atoms with Gasteiger partial charge in [0.15, 0.2) is 11.6 Å². The Hall–Kier alpha value is -1.61. The van der Waals surface area contributed by atoms with Gasteiger partial charge in [-0.1, -0.05) is 29.8 Å². The predicted octanol–water partition coefficient (Wildman–Crippen LogP) is 3.45. The Balaban J connectivity index is 2.05. The SMILES string of the molecule is Fc1ccccc1OCc1cccc(Cl)n1. The first kappa shape index (κ1) is 10.9. The Morgan fingerprint density at radius 2 is 1.94 bits per heavy atom. The molecule has 0 amide bonds. The maximum Gasteiger partial charge on any atom is 0.165 e. The van der Waals surface area contributed by atoms with Crippen LogP contribution in [0.1, 0.15) is 5.69 Å². The van der Waals surface area contributed by atoms with E-state index in [2.05, 4.69) is 4.98 Å². The van der Waals surface area contributed by atoms with E-state index in [0.29, 0.717) is 10.8 Å². The van der Waals surface area contributed by atoms with Gasteiger partial charge in [-0.15, -0.1) is 0 Å². The van der Waals surface area contributed by atoms with Crippen LogP contribution in [0.25, 0.3) is 0 Å². The van der Waals surface area contributed by atoms with Crippen LogP contribution in [-0.2, 0) is 6.61 Å². The van der Waals surface area contributed by atoms with Crippen molar-refractivity contribution >= 4 is 11.6 Å². The van der Waals surface area contributed by atoms with Crippen molar-refractivity contribution in [1.29, 1.82) is 0 Å². The second kappa shape index (κ2) is 4.94. The molecule has 0 N–H and O–H groups in total. The molecule has 2 aromatic rings. The van der Waals surface area contributed by atoms with Gasteiger partial charge in [-0.2, -0.15) is 0 Å². The summed E-state index contributed by atoms with van der Waals surface area (Å²) >= 11 is 5.72. The number of ether oxygens (including phenoxy) is 1. The van der Waals surface area contributed by atoms with Crippen LogP contribution in [0.15, 0.2) is 42.5 Å². The molecule has 0 atom stereocenters. The van der Waals surface area contributed by atoms with Crippen molar-refractivity contribution in [2.24, 2.45) is 0 Å². The smallest absolute Gasteiger partial charge is 0.165 e. The number of benzene rings is 1. The van der Waals surface area contributed by atoms with Crippen LogP contribution in [0.3, 0.4) is 0 Å². The van der Waals surface area contributed by atoms with Gasteiger partial charge < -0.3 is 4.74 Å². The van der Waals surface area contributed by atoms with E-state index in [-0.39, 0.29) is 18.2 Å². The lowest BCUT2D eigenvalue weighted by molar-refractivity contribution is 0.286. The Labute approximate surface area is 97.7 Å². The molecular formula is C12H9ClFNO. The fourth-order valence-electron chi connectivity index (χ4n) is 1.24. The summed E-state index contributed by atoms with van der Waals surface area (Å²) in [6.07, 6.45) is 0. The Morgan fingerprint density at radius 1 is 1.12 bits per heavy atom. The van der Waals surface area contributed by atoms with Gasteiger partial charge in [-0.3, -0.25) is 0 Å². The lowest BCUT2D eigenvalue weighted by Crippen LogP contribution is -1.99. The second-order valence-electron chi connectivity index (χ2n) is 3.17. The van der Waals surface area contributed by atoms with E-state index in [0.717, 1.165) is 0 Å². The molecule has 0 radical (unpaired) electrons. The molecular weight excluding hydrogens is 229 g/mol. The summed E-state index contributed by atoms with van der Waals surface area (Å²) in [7, 11) is 0. The number of nitrogens with zero attached hydrogens (tertiary/aromatic N) is 1. The van der Waals surface area contributed by atoms with Crippen molar-refractivity contribution in [3.8, 4) is 5.75 Å². The van der Waals surface area contributed by atoms with Crippen molar-refractivity contribution in [3.05, 3.63) is 59.1 Å². The first-order chi connectivity index (χ1) is 7.75. The summed E-state index contributed by atoms with van der Waals surface area (Å²) in [5.74, 6) is -0.172. The van der Waals surface area contributed by atoms with Crippen molar-refractivity contribution < 1.29 is 9.13 Å². The number of para-hydroxylation sites is 1. The van der Waals surface area contributed by atoms with Crippen molar-refractivity contribution in [2.45, 2.75) is 6.61 Å². The molecule has 0 aliphatic rings. The largest absolute Gasteiger partial charge is 0.484 e. The molecule has 0 aliphatic carbocycles. The molecule has 0 saturated carbocycles. The van der Waals surface area contributed by atoms with Gasteiger partial charge in [-0.05, 0) is 24.3 Å². The van der Waals surface area contributed by atoms with Gasteiger partial charge in [0.1, 0.15) is 11.8 Å². The summed E-state index contributed by atoms with van der Waals surface area (Å²) < 4.78 is 18.5. The molecule has 2 rings (SSSR count). The topological polar surface area (TPSA) is 22.1 Å². The zero-order valence-corrected chi connectivity index (χ0v) is 9.12. The van der Waals surface area contributed by atoms with Gasteiger partial charge in [0.25, 0.3) is 0 Å². The molecule has 0 spiro atoms. The van der Waals surface area contributed by atoms with E-state index in [9.17, 15) is 4.39 Å². The molecule has 0 fully saturated rings. The molecule has 1 heterocycles. The Morgan fingerprint density at radius 3 is 2.69 bits per heavy atom. The van der Waals surface area contributed by atoms with Gasteiger partial charge in [0.2, 0.25) is 0 Å². The molecule has 0 aliphatic heterocycles. The number of hydrogen-bond acceptors (Lipinski definition) is 2. The highest BCUT2D eigenvalue weighted by Crippen LogP contribution is 2.17. The summed E-state index contributed by atoms with van der Waals surface area (Å²) in [5.41, 5.74) is 0.663. The standard InChI is InChI=1S/C12H9ClFNO/c13-12-7-3-4-9(15-12)8-16-11-6-2-1-5-10(11)14/h1-7H,8H2. The lowest BCUT2D eigenvalue weighted by atomic mass is 10.3. The molecule has 2 nitrogen and oxygen atoms in total. The van der Waals surface area contributed by atoms with E-state index in [1.807, 2.05) is 0 Å². The third-order valence-electron chi connectivity index (χ3n) is 1.98. The molecule has 4 heteroatoms. The number of aromatic nitrogens is 1. The van der Waals surface area contributed by atoms with Crippen LogP contribution in [-0.4, -0.2) is 4.98 Å². The van der Waals surface area contributed by atoms with E-state index < -0.39 is 0 Å². The van der Waals surface area contributed by atoms with Crippen LogP contribution >= 0.6 is 11.6 Å². The van der Waals surface area contributed by atoms with E-state index in [4.69, 9.17) is 16.3 Å². The molecule has 0 unspecified atom stereocenters. The minimum Gasteiger partial charge on any atom is -0.484 e. The van der Waals surface area contributed by atoms with Crippen molar-refractivity contribution in [1.82, 2.24) is 4.98 Å². The normalized spacial score (nSPS) is 10.1. The fraction of sp³-hybridized carbons (Fsp3) is 0.0833. The average molecular weight is 238 g/mol. The third-order valence-corrected chi connectivity index (χ3v) is 2.20. The zero-order chi connectivity index (χ0) is 11.4. The number of rotatable bonds is 3. The van der Waals surface area contributed by atoms with E-state index in [1.165, 1.54) is 6.07 Å². The third kappa shape index (κ3) is 2.70. The predicted molar refractivity (Wildman–Crippen MR) is 60.0 cm³/mol. The van der Waals surface area contributed by atoms with Crippen LogP contribution in [0.5, 0.6) is 5.75 Å². The maximum atomic E-state index is 13.2. The molecule has 1 aromatic carbocycles. The van der Waals surface area contributed by atoms with Gasteiger partial charge in [-0.25, -0.2) is 9.37 Å². The number of hydrogen-bond donors (Lipinski definition) is 0. The highest BCUT2D eigenvalue weighted by molar-refractivity contribution is 6.29. The quantitative estimate of drug-likeness (QED) is 0.763. The Kier molecular flexibility index (Phi) is 3.37. The molecule has 1 aromatic heterocycles. The zero-order valence-electron chi connectivity index (χ0n) is 8.36. The molecule has 82 valence electrons. The van der Waals surface area contributed by atoms with Gasteiger partial charge in [0.05, 0.1) is 5.69 Å². The highest BCUT2D eigenvalue weighted by Gasteiger charge is 2.02. The van der Waals surface area contributed by atoms with E-state index >= 15 is 0 Å². The minimum atomic E-state index is -0.385. The van der Waals surface area contributed by atoms with Gasteiger partial charge >= 0.3 is 0 Å². The fourth-order valence-corrected chi connectivity index (χ4v) is 1.43. The maximum absolute atomic E-state index is 13.2. The van der Waals surface area contributed by atoms with Gasteiger partial charge in [0, 0.05) is 0 Å². The van der Waals surface area contributed by atoms with Crippen LogP contribution in [0, 0.1) is 5.82 Å². The van der Waals surface area contributed by atoms with Crippen LogP contribution in [0.2, 0.25) is 5.15 Å². The first-order valence-electron chi connectivity index (χ1n) is 4.74. The summed E-state index contributed by atoms with van der Waals surface area (Å²) in [6, 6.07) is 11.5. The van der Waals surface area contributed by atoms with Crippen LogP contribution < -0.4 is 4.74 Å². The molecule has 0 bridgehead atoms. The van der Waals surface area contributed by atoms with Crippen molar-refractivity contribution in [2.75, 3.05) is 0 Å². The summed E-state index contributed by atoms with van der Waals surface area (Å²) in [5, 5.41) is 0.398. The van der Waals surface area contributed by atoms with E-state index in [1.54, 1.807) is 36.4 Å². The Bertz CT molecular complexity index is 490. The van der Waals surface area contributed by atoms with Crippen LogP contribution in [0.4, 0.5) is 4.39 Å². The highest BCUT2D eigenvalue weighted by atomic mass is 35.5.